The van der Waals surface area contributed by atoms with Crippen LogP contribution < -0.4 is 4.90 Å². The van der Waals surface area contributed by atoms with Gasteiger partial charge in [0.1, 0.15) is 0 Å². The van der Waals surface area contributed by atoms with Gasteiger partial charge in [0.05, 0.1) is 10.8 Å². The van der Waals surface area contributed by atoms with E-state index in [1.165, 1.54) is 89.0 Å². The maximum absolute atomic E-state index is 15.9. The van der Waals surface area contributed by atoms with E-state index in [0.717, 1.165) is 40.2 Å². The van der Waals surface area contributed by atoms with Gasteiger partial charge in [0.2, 0.25) is 0 Å². The maximum Gasteiger partial charge on any atom is 0.193 e. The van der Waals surface area contributed by atoms with Crippen molar-refractivity contribution in [3.8, 4) is 44.5 Å². The number of benzene rings is 12. The summed E-state index contributed by atoms with van der Waals surface area (Å²) >= 11 is 0. The van der Waals surface area contributed by atoms with Crippen molar-refractivity contribution in [3.63, 3.8) is 0 Å². The van der Waals surface area contributed by atoms with Crippen LogP contribution in [0.1, 0.15) is 83.0 Å². The molecule has 16 rings (SSSR count). The molecule has 0 aliphatic heterocycles. The van der Waals surface area contributed by atoms with Crippen molar-refractivity contribution in [3.05, 3.63) is 364 Å². The average molecular weight is 1010 g/mol. The van der Waals surface area contributed by atoms with E-state index in [4.69, 9.17) is 0 Å². The molecule has 4 aliphatic carbocycles. The van der Waals surface area contributed by atoms with Crippen molar-refractivity contribution in [1.82, 2.24) is 0 Å². The molecule has 0 saturated heterocycles. The molecule has 0 bridgehead atoms. The Morgan fingerprint density at radius 2 is 0.620 bits per heavy atom. The van der Waals surface area contributed by atoms with Crippen molar-refractivity contribution in [2.45, 2.75) is 23.2 Å². The predicted molar refractivity (Wildman–Crippen MR) is 322 cm³/mol. The molecule has 0 fully saturated rings. The third kappa shape index (κ3) is 6.49. The lowest BCUT2D eigenvalue weighted by Crippen LogP contribution is -2.27. The van der Waals surface area contributed by atoms with Gasteiger partial charge >= 0.3 is 0 Å². The Bertz CT molecular complexity index is 4280. The van der Waals surface area contributed by atoms with Crippen molar-refractivity contribution in [2.24, 2.45) is 0 Å². The van der Waals surface area contributed by atoms with E-state index in [1.807, 2.05) is 0 Å². The largest absolute Gasteiger partial charge is 0.310 e. The Kier molecular flexibility index (Phi) is 10.1. The topological polar surface area (TPSA) is 20.3 Å². The second-order valence-electron chi connectivity index (χ2n) is 21.7. The zero-order valence-electron chi connectivity index (χ0n) is 43.4. The van der Waals surface area contributed by atoms with E-state index >= 15 is 4.79 Å². The molecule has 12 aromatic carbocycles. The summed E-state index contributed by atoms with van der Waals surface area (Å²) in [7, 11) is 0. The highest BCUT2D eigenvalue weighted by atomic mass is 16.1. The van der Waals surface area contributed by atoms with Gasteiger partial charge in [-0.05, 0) is 161 Å². The highest BCUT2D eigenvalue weighted by Gasteiger charge is 2.54. The maximum atomic E-state index is 15.9. The third-order valence-corrected chi connectivity index (χ3v) is 17.9. The summed E-state index contributed by atoms with van der Waals surface area (Å²) in [4.78, 5) is 18.2. The van der Waals surface area contributed by atoms with Crippen LogP contribution in [0.3, 0.4) is 0 Å². The average Bonchev–Trinajstić information content (AvgIpc) is 3.02. The molecule has 4 aliphatic rings. The van der Waals surface area contributed by atoms with E-state index in [9.17, 15) is 0 Å². The zero-order valence-corrected chi connectivity index (χ0v) is 43.4. The standard InChI is InChI=1S/C77H51NO/c79-75(53-38-42-63-60-31-15-19-35-69(60)76(72(63)47-53)67-33-17-13-29-58(67)59-30-14-18-34-68(59)76)54-39-43-64-61-32-16-20-36-70(61)77(73(64)48-54)71-46-50(45-66(51-21-5-1-6-22-51)52-23-7-2-8-24-52)37-41-62(71)65-44-40-57(49-74(65)77)78(55-25-9-3-10-26-55)56-27-11-4-12-28-56/h1-44,46-49,66H,45H2. The molecule has 2 nitrogen and oxygen atoms in total. The molecule has 1 atom stereocenters. The first-order chi connectivity index (χ1) is 39.1. The van der Waals surface area contributed by atoms with E-state index < -0.39 is 10.8 Å². The normalized spacial score (nSPS) is 14.9. The van der Waals surface area contributed by atoms with Gasteiger partial charge in [-0.25, -0.2) is 0 Å². The lowest BCUT2D eigenvalue weighted by molar-refractivity contribution is 0.103. The first-order valence-corrected chi connectivity index (χ1v) is 27.6. The van der Waals surface area contributed by atoms with Crippen LogP contribution in [0.2, 0.25) is 0 Å². The van der Waals surface area contributed by atoms with Crippen molar-refractivity contribution in [2.75, 3.05) is 4.90 Å². The number of carbonyl (C=O) groups excluding carboxylic acids is 1. The molecule has 0 radical (unpaired) electrons. The summed E-state index contributed by atoms with van der Waals surface area (Å²) in [5.41, 5.74) is 26.5. The summed E-state index contributed by atoms with van der Waals surface area (Å²) in [5.74, 6) is 0.158. The van der Waals surface area contributed by atoms with Gasteiger partial charge in [0.25, 0.3) is 0 Å². The number of ketones is 1. The zero-order chi connectivity index (χ0) is 52.2. The Morgan fingerprint density at radius 3 is 1.06 bits per heavy atom. The number of rotatable bonds is 9. The Hall–Kier alpha value is -9.89. The van der Waals surface area contributed by atoms with Crippen LogP contribution in [-0.4, -0.2) is 5.78 Å². The quantitative estimate of drug-likeness (QED) is 0.134. The number of para-hydroxylation sites is 2. The lowest BCUT2D eigenvalue weighted by Gasteiger charge is -2.33. The molecule has 1 unspecified atom stereocenters. The number of hydrogen-bond acceptors (Lipinski definition) is 2. The van der Waals surface area contributed by atoms with Crippen molar-refractivity contribution in [1.29, 1.82) is 0 Å². The molecule has 0 aromatic heterocycles. The lowest BCUT2D eigenvalue weighted by atomic mass is 9.69. The number of hydrogen-bond donors (Lipinski definition) is 0. The molecule has 0 N–H and O–H groups in total. The fourth-order valence-electron chi connectivity index (χ4n) is 14.7. The van der Waals surface area contributed by atoms with Gasteiger partial charge in [-0.3, -0.25) is 4.79 Å². The van der Waals surface area contributed by atoms with E-state index in [1.54, 1.807) is 0 Å². The highest BCUT2D eigenvalue weighted by Crippen LogP contribution is 2.65. The van der Waals surface area contributed by atoms with Crippen LogP contribution in [-0.2, 0) is 17.3 Å². The van der Waals surface area contributed by atoms with Crippen molar-refractivity contribution >= 4 is 22.8 Å². The summed E-state index contributed by atoms with van der Waals surface area (Å²) in [6.45, 7) is 0. The van der Waals surface area contributed by atoms with E-state index in [2.05, 4.69) is 296 Å². The van der Waals surface area contributed by atoms with Crippen molar-refractivity contribution < 1.29 is 4.79 Å². The molecule has 2 spiro atoms. The van der Waals surface area contributed by atoms with Crippen LogP contribution in [0.25, 0.3) is 44.5 Å². The monoisotopic (exact) mass is 1010 g/mol. The number of anilines is 3. The van der Waals surface area contributed by atoms with Crippen LogP contribution >= 0.6 is 0 Å². The predicted octanol–water partition coefficient (Wildman–Crippen LogP) is 18.4. The van der Waals surface area contributed by atoms with Gasteiger partial charge in [-0.2, -0.15) is 0 Å². The fourth-order valence-corrected chi connectivity index (χ4v) is 14.7. The van der Waals surface area contributed by atoms with Gasteiger partial charge in [-0.15, -0.1) is 0 Å². The second-order valence-corrected chi connectivity index (χ2v) is 21.7. The van der Waals surface area contributed by atoms with Gasteiger partial charge in [0.15, 0.2) is 5.78 Å². The molecule has 0 heterocycles. The smallest absolute Gasteiger partial charge is 0.193 e. The highest BCUT2D eigenvalue weighted by molar-refractivity contribution is 6.11. The molecule has 12 aromatic rings. The second kappa shape index (κ2) is 17.6. The first-order valence-electron chi connectivity index (χ1n) is 27.6. The molecule has 370 valence electrons. The number of nitrogens with zero attached hydrogens (tertiary/aromatic N) is 1. The molecule has 2 heteroatoms. The van der Waals surface area contributed by atoms with Crippen LogP contribution in [0.15, 0.2) is 291 Å². The van der Waals surface area contributed by atoms with E-state index in [0.29, 0.717) is 11.1 Å². The summed E-state index contributed by atoms with van der Waals surface area (Å²) < 4.78 is 0. The van der Waals surface area contributed by atoms with Gasteiger partial charge < -0.3 is 4.90 Å². The fraction of sp³-hybridized carbons (Fsp3) is 0.0519. The number of carbonyl (C=O) groups is 1. The van der Waals surface area contributed by atoms with Crippen LogP contribution in [0.4, 0.5) is 17.1 Å². The SMILES string of the molecule is O=C(c1ccc2c(c1)C1(c3ccccc3-c3ccccc31)c1ccccc1-2)c1ccc2c(c1)C1(c3ccccc3-2)c2cc(CC(c3ccccc3)c3ccccc3)ccc2-c2ccc(N(c3ccccc3)c3ccccc3)cc21. The minimum atomic E-state index is -0.756. The Morgan fingerprint density at radius 1 is 0.291 bits per heavy atom. The van der Waals surface area contributed by atoms with Crippen LogP contribution in [0, 0.1) is 0 Å². The molecule has 79 heavy (non-hydrogen) atoms. The van der Waals surface area contributed by atoms with Gasteiger partial charge in [0, 0.05) is 34.1 Å². The molecule has 0 amide bonds. The summed E-state index contributed by atoms with van der Waals surface area (Å²) in [6, 6.07) is 106. The molecule has 0 saturated carbocycles. The van der Waals surface area contributed by atoms with Gasteiger partial charge in [-0.1, -0.05) is 243 Å². The number of fused-ring (bicyclic) bond motifs is 20. The summed E-state index contributed by atoms with van der Waals surface area (Å²) in [5, 5.41) is 0. The minimum Gasteiger partial charge on any atom is -0.310 e. The third-order valence-electron chi connectivity index (χ3n) is 17.9. The molecular weight excluding hydrogens is 955 g/mol. The Labute approximate surface area is 461 Å². The minimum absolute atomic E-state index is 0.0104. The van der Waals surface area contributed by atoms with E-state index in [-0.39, 0.29) is 11.7 Å². The first kappa shape index (κ1) is 45.3. The Balaban J connectivity index is 0.905. The molecular formula is C77H51NO. The summed E-state index contributed by atoms with van der Waals surface area (Å²) in [6.07, 6.45) is 0.820. The van der Waals surface area contributed by atoms with Crippen LogP contribution in [0.5, 0.6) is 0 Å².